The number of carbonyl (C=O) groups is 2. The second-order valence-corrected chi connectivity index (χ2v) is 9.83. The minimum absolute atomic E-state index is 0.0739. The first-order chi connectivity index (χ1) is 15.1. The van der Waals surface area contributed by atoms with E-state index in [0.717, 1.165) is 35.3 Å². The number of esters is 1. The number of carbonyl (C=O) groups excluding carboxylic acids is 2. The molecular weight excluding hydrogens is 426 g/mol. The van der Waals surface area contributed by atoms with Gasteiger partial charge < -0.3 is 15.0 Å². The molecule has 0 spiro atoms. The van der Waals surface area contributed by atoms with Gasteiger partial charge in [0.1, 0.15) is 16.6 Å². The Bertz CT molecular complexity index is 1150. The van der Waals surface area contributed by atoms with E-state index in [0.29, 0.717) is 34.2 Å². The number of aromatic nitrogens is 1. The lowest BCUT2D eigenvalue weighted by Gasteiger charge is -2.19. The topological polar surface area (TPSA) is 112 Å². The van der Waals surface area contributed by atoms with Crippen LogP contribution in [0.3, 0.4) is 0 Å². The van der Waals surface area contributed by atoms with Crippen LogP contribution in [0.5, 0.6) is 0 Å². The number of hydrogen-bond acceptors (Lipinski definition) is 6. The fourth-order valence-corrected chi connectivity index (χ4v) is 5.59. The van der Waals surface area contributed by atoms with Gasteiger partial charge in [-0.3, -0.25) is 9.59 Å². The lowest BCUT2D eigenvalue weighted by molar-refractivity contribution is -0.116. The van der Waals surface area contributed by atoms with Gasteiger partial charge in [0, 0.05) is 17.0 Å². The first-order valence-corrected chi connectivity index (χ1v) is 11.7. The average molecular weight is 456 g/mol. The fourth-order valence-electron chi connectivity index (χ4n) is 4.18. The van der Waals surface area contributed by atoms with Gasteiger partial charge in [-0.25, -0.2) is 4.79 Å². The van der Waals surface area contributed by atoms with Crippen molar-refractivity contribution in [2.75, 3.05) is 5.32 Å². The molecule has 170 valence electrons. The van der Waals surface area contributed by atoms with Crippen LogP contribution in [-0.4, -0.2) is 23.0 Å². The smallest absolute Gasteiger partial charge is 0.341 e. The van der Waals surface area contributed by atoms with Crippen molar-refractivity contribution in [2.45, 2.75) is 72.8 Å². The molecule has 1 amide bonds. The maximum Gasteiger partial charge on any atom is 0.341 e. The third kappa shape index (κ3) is 4.94. The molecule has 0 saturated heterocycles. The zero-order valence-electron chi connectivity index (χ0n) is 19.2. The zero-order valence-corrected chi connectivity index (χ0v) is 20.0. The second-order valence-electron chi connectivity index (χ2n) is 8.73. The van der Waals surface area contributed by atoms with E-state index >= 15 is 0 Å². The molecule has 3 rings (SSSR count). The maximum absolute atomic E-state index is 12.8. The molecular formula is C24H29N3O4S. The third-order valence-electron chi connectivity index (χ3n) is 5.83. The maximum atomic E-state index is 12.8. The number of amides is 1. The van der Waals surface area contributed by atoms with E-state index in [1.165, 1.54) is 11.3 Å². The van der Waals surface area contributed by atoms with Gasteiger partial charge in [-0.15, -0.1) is 11.3 Å². The van der Waals surface area contributed by atoms with Gasteiger partial charge >= 0.3 is 5.97 Å². The van der Waals surface area contributed by atoms with Gasteiger partial charge in [0.25, 0.3) is 5.56 Å². The Labute approximate surface area is 191 Å². The molecule has 2 aromatic heterocycles. The average Bonchev–Trinajstić information content (AvgIpc) is 3.04. The van der Waals surface area contributed by atoms with E-state index in [2.05, 4.69) is 17.2 Å². The highest BCUT2D eigenvalue weighted by molar-refractivity contribution is 7.17. The number of thiophene rings is 1. The molecule has 1 aliphatic carbocycles. The third-order valence-corrected chi connectivity index (χ3v) is 7.00. The van der Waals surface area contributed by atoms with Crippen LogP contribution >= 0.6 is 11.3 Å². The Balaban J connectivity index is 1.82. The van der Waals surface area contributed by atoms with E-state index in [1.807, 2.05) is 6.07 Å². The number of pyridine rings is 1. The number of hydrogen-bond donors (Lipinski definition) is 2. The lowest BCUT2D eigenvalue weighted by Crippen LogP contribution is -2.20. The second kappa shape index (κ2) is 9.70. The predicted octanol–water partition coefficient (Wildman–Crippen LogP) is 4.19. The highest BCUT2D eigenvalue weighted by atomic mass is 32.1. The van der Waals surface area contributed by atoms with E-state index in [9.17, 15) is 19.6 Å². The summed E-state index contributed by atoms with van der Waals surface area (Å²) in [5.41, 5.74) is 3.19. The van der Waals surface area contributed by atoms with Crippen molar-refractivity contribution in [3.8, 4) is 6.07 Å². The minimum Gasteiger partial charge on any atom is -0.459 e. The largest absolute Gasteiger partial charge is 0.459 e. The van der Waals surface area contributed by atoms with E-state index in [1.54, 1.807) is 27.7 Å². The molecule has 7 nitrogen and oxygen atoms in total. The molecule has 1 aliphatic rings. The number of H-pyrrole nitrogens is 1. The molecule has 32 heavy (non-hydrogen) atoms. The van der Waals surface area contributed by atoms with Gasteiger partial charge in [-0.05, 0) is 76.0 Å². The van der Waals surface area contributed by atoms with E-state index in [-0.39, 0.29) is 24.0 Å². The number of aromatic amines is 1. The summed E-state index contributed by atoms with van der Waals surface area (Å²) in [6.07, 6.45) is 3.00. The Morgan fingerprint density at radius 2 is 2.06 bits per heavy atom. The van der Waals surface area contributed by atoms with Crippen molar-refractivity contribution in [1.82, 2.24) is 4.98 Å². The van der Waals surface area contributed by atoms with Crippen LogP contribution in [0, 0.1) is 31.1 Å². The summed E-state index contributed by atoms with van der Waals surface area (Å²) in [5, 5.41) is 12.7. The fraction of sp³-hybridized carbons (Fsp3) is 0.500. The van der Waals surface area contributed by atoms with Crippen molar-refractivity contribution in [3.05, 3.63) is 48.7 Å². The van der Waals surface area contributed by atoms with E-state index in [4.69, 9.17) is 4.74 Å². The standard InChI is InChI=1S/C24H29N3O4S/c1-12(2)31-24(30)21-17-7-6-13(3)10-19(17)32-23(21)27-20(28)9-8-16-14(4)18(11-25)22(29)26-15(16)5/h12-13H,6-10H2,1-5H3,(H,26,29)(H,27,28). The molecule has 1 atom stereocenters. The number of aryl methyl sites for hydroxylation is 1. The predicted molar refractivity (Wildman–Crippen MR) is 124 cm³/mol. The van der Waals surface area contributed by atoms with Crippen molar-refractivity contribution in [3.63, 3.8) is 0 Å². The summed E-state index contributed by atoms with van der Waals surface area (Å²) in [6.45, 7) is 9.29. The van der Waals surface area contributed by atoms with Gasteiger partial charge in [-0.2, -0.15) is 5.26 Å². The molecule has 1 unspecified atom stereocenters. The summed E-state index contributed by atoms with van der Waals surface area (Å²) in [4.78, 5) is 41.4. The Morgan fingerprint density at radius 3 is 2.72 bits per heavy atom. The summed E-state index contributed by atoms with van der Waals surface area (Å²) < 4.78 is 5.46. The number of nitriles is 1. The van der Waals surface area contributed by atoms with Gasteiger partial charge in [0.05, 0.1) is 11.7 Å². The Morgan fingerprint density at radius 1 is 1.34 bits per heavy atom. The summed E-state index contributed by atoms with van der Waals surface area (Å²) >= 11 is 1.46. The molecule has 0 radical (unpaired) electrons. The molecule has 0 aliphatic heterocycles. The van der Waals surface area contributed by atoms with Crippen LogP contribution in [0.4, 0.5) is 5.00 Å². The first-order valence-electron chi connectivity index (χ1n) is 10.9. The Hall–Kier alpha value is -2.92. The van der Waals surface area contributed by atoms with Crippen molar-refractivity contribution < 1.29 is 14.3 Å². The number of ether oxygens (including phenoxy) is 1. The van der Waals surface area contributed by atoms with Crippen molar-refractivity contribution in [1.29, 1.82) is 5.26 Å². The first kappa shape index (κ1) is 23.7. The van der Waals surface area contributed by atoms with Crippen LogP contribution < -0.4 is 10.9 Å². The van der Waals surface area contributed by atoms with Gasteiger partial charge in [0.15, 0.2) is 0 Å². The van der Waals surface area contributed by atoms with Crippen LogP contribution in [0.2, 0.25) is 0 Å². The van der Waals surface area contributed by atoms with Crippen LogP contribution in [0.1, 0.15) is 76.8 Å². The number of nitrogens with one attached hydrogen (secondary N) is 2. The van der Waals surface area contributed by atoms with Crippen LogP contribution in [-0.2, 0) is 28.8 Å². The number of rotatable bonds is 6. The monoisotopic (exact) mass is 455 g/mol. The SMILES string of the molecule is Cc1[nH]c(=O)c(C#N)c(C)c1CCC(=O)Nc1sc2c(c1C(=O)OC(C)C)CCC(C)C2. The number of anilines is 1. The highest BCUT2D eigenvalue weighted by Gasteiger charge is 2.29. The normalized spacial score (nSPS) is 15.2. The molecule has 2 aromatic rings. The minimum atomic E-state index is -0.414. The molecule has 2 heterocycles. The van der Waals surface area contributed by atoms with Crippen LogP contribution in [0.25, 0.3) is 0 Å². The van der Waals surface area contributed by atoms with Crippen LogP contribution in [0.15, 0.2) is 4.79 Å². The number of nitrogens with zero attached hydrogens (tertiary/aromatic N) is 1. The van der Waals surface area contributed by atoms with Crippen molar-refractivity contribution in [2.24, 2.45) is 5.92 Å². The summed E-state index contributed by atoms with van der Waals surface area (Å²) in [7, 11) is 0. The van der Waals surface area contributed by atoms with Crippen molar-refractivity contribution >= 4 is 28.2 Å². The molecule has 0 fully saturated rings. The molecule has 2 N–H and O–H groups in total. The molecule has 8 heteroatoms. The lowest BCUT2D eigenvalue weighted by atomic mass is 9.88. The van der Waals surface area contributed by atoms with Gasteiger partial charge in [-0.1, -0.05) is 6.92 Å². The quantitative estimate of drug-likeness (QED) is 0.635. The highest BCUT2D eigenvalue weighted by Crippen LogP contribution is 2.40. The van der Waals surface area contributed by atoms with Gasteiger partial charge in [0.2, 0.25) is 5.91 Å². The summed E-state index contributed by atoms with van der Waals surface area (Å²) in [6, 6.07) is 1.93. The molecule has 0 saturated carbocycles. The summed E-state index contributed by atoms with van der Waals surface area (Å²) in [5.74, 6) is -0.0775. The van der Waals surface area contributed by atoms with E-state index < -0.39 is 11.5 Å². The molecule has 0 aromatic carbocycles. The Kier molecular flexibility index (Phi) is 7.19. The number of fused-ring (bicyclic) bond motifs is 1. The zero-order chi connectivity index (χ0) is 23.6. The molecule has 0 bridgehead atoms.